The number of hydrazone groups is 1. The molecule has 2 aromatic carbocycles. The van der Waals surface area contributed by atoms with E-state index >= 15 is 0 Å². The van der Waals surface area contributed by atoms with Crippen molar-refractivity contribution in [2.24, 2.45) is 5.10 Å². The summed E-state index contributed by atoms with van der Waals surface area (Å²) in [5, 5.41) is 13.3. The van der Waals surface area contributed by atoms with Gasteiger partial charge in [-0.1, -0.05) is 30.3 Å². The van der Waals surface area contributed by atoms with Crippen LogP contribution in [-0.4, -0.2) is 54.3 Å². The summed E-state index contributed by atoms with van der Waals surface area (Å²) in [5.41, 5.74) is 3.97. The van der Waals surface area contributed by atoms with Gasteiger partial charge in [0.2, 0.25) is 5.95 Å². The summed E-state index contributed by atoms with van der Waals surface area (Å²) in [4.78, 5) is 23.5. The molecule has 1 saturated heterocycles. The highest BCUT2D eigenvalue weighted by atomic mass is 19.1. The first-order valence-corrected chi connectivity index (χ1v) is 10.2. The molecule has 1 aliphatic rings. The summed E-state index contributed by atoms with van der Waals surface area (Å²) in [6.45, 7) is 3.59. The Hall–Kier alpha value is -4.03. The molecule has 1 aromatic heterocycles. The number of aromatic amines is 1. The third kappa shape index (κ3) is 4.66. The van der Waals surface area contributed by atoms with Crippen LogP contribution >= 0.6 is 0 Å². The van der Waals surface area contributed by atoms with E-state index in [1.165, 1.54) is 12.3 Å². The molecule has 32 heavy (non-hydrogen) atoms. The van der Waals surface area contributed by atoms with Gasteiger partial charge in [-0.05, 0) is 25.2 Å². The number of nitrogens with one attached hydrogen (secondary N) is 2. The maximum Gasteiger partial charge on any atom is 0.270 e. The summed E-state index contributed by atoms with van der Waals surface area (Å²) in [6.07, 6.45) is 1.32. The zero-order chi connectivity index (χ0) is 22.5. The maximum absolute atomic E-state index is 14.6. The molecule has 2 heterocycles. The molecule has 9 heteroatoms. The van der Waals surface area contributed by atoms with Crippen LogP contribution in [0.2, 0.25) is 0 Å². The molecule has 0 amide bonds. The third-order valence-electron chi connectivity index (χ3n) is 5.30. The SMILES string of the molecule is CN1CCN(c2ccc(C=NNc3nc(-c4ccccc4)c(C#N)c(=O)[nH]3)c(F)c2)CC1. The summed E-state index contributed by atoms with van der Waals surface area (Å²) in [5.74, 6) is -0.336. The van der Waals surface area contributed by atoms with Gasteiger partial charge in [0, 0.05) is 43.0 Å². The first-order chi connectivity index (χ1) is 15.5. The van der Waals surface area contributed by atoms with Crippen LogP contribution in [0.25, 0.3) is 11.3 Å². The van der Waals surface area contributed by atoms with Gasteiger partial charge in [-0.3, -0.25) is 9.78 Å². The van der Waals surface area contributed by atoms with E-state index in [1.807, 2.05) is 18.2 Å². The highest BCUT2D eigenvalue weighted by Gasteiger charge is 2.16. The molecule has 1 fully saturated rings. The normalized spacial score (nSPS) is 14.5. The number of nitrogens with zero attached hydrogens (tertiary/aromatic N) is 5. The van der Waals surface area contributed by atoms with E-state index in [2.05, 4.69) is 37.3 Å². The Bertz CT molecular complexity index is 1230. The quantitative estimate of drug-likeness (QED) is 0.476. The van der Waals surface area contributed by atoms with Gasteiger partial charge >= 0.3 is 0 Å². The van der Waals surface area contributed by atoms with E-state index in [9.17, 15) is 14.4 Å². The predicted octanol–water partition coefficient (Wildman–Crippen LogP) is 2.65. The highest BCUT2D eigenvalue weighted by molar-refractivity contribution is 5.81. The molecule has 0 aliphatic carbocycles. The second kappa shape index (κ2) is 9.41. The minimum absolute atomic E-state index is 0.0542. The molecule has 0 bridgehead atoms. The van der Waals surface area contributed by atoms with Crippen molar-refractivity contribution in [2.75, 3.05) is 43.6 Å². The smallest absolute Gasteiger partial charge is 0.270 e. The molecule has 8 nitrogen and oxygen atoms in total. The van der Waals surface area contributed by atoms with Crippen molar-refractivity contribution in [3.8, 4) is 17.3 Å². The summed E-state index contributed by atoms with van der Waals surface area (Å²) >= 11 is 0. The number of hydrogen-bond acceptors (Lipinski definition) is 7. The summed E-state index contributed by atoms with van der Waals surface area (Å²) in [7, 11) is 2.07. The number of benzene rings is 2. The minimum Gasteiger partial charge on any atom is -0.369 e. The van der Waals surface area contributed by atoms with Crippen LogP contribution in [0.15, 0.2) is 58.4 Å². The highest BCUT2D eigenvalue weighted by Crippen LogP contribution is 2.21. The summed E-state index contributed by atoms with van der Waals surface area (Å²) < 4.78 is 14.6. The molecule has 0 radical (unpaired) electrons. The topological polar surface area (TPSA) is 100 Å². The van der Waals surface area contributed by atoms with Crippen molar-refractivity contribution in [3.05, 3.63) is 75.8 Å². The van der Waals surface area contributed by atoms with Crippen molar-refractivity contribution in [3.63, 3.8) is 0 Å². The largest absolute Gasteiger partial charge is 0.369 e. The standard InChI is InChI=1S/C23H22FN7O/c1-30-9-11-31(12-10-30)18-8-7-17(20(24)13-18)15-26-29-23-27-21(16-5-3-2-4-6-16)19(14-25)22(32)28-23/h2-8,13,15H,9-12H2,1H3,(H2,27,28,29,32). The van der Waals surface area contributed by atoms with Gasteiger partial charge in [-0.25, -0.2) is 14.8 Å². The lowest BCUT2D eigenvalue weighted by Gasteiger charge is -2.34. The van der Waals surface area contributed by atoms with E-state index in [-0.39, 0.29) is 17.2 Å². The van der Waals surface area contributed by atoms with E-state index < -0.39 is 11.4 Å². The van der Waals surface area contributed by atoms with Crippen molar-refractivity contribution < 1.29 is 4.39 Å². The fourth-order valence-corrected chi connectivity index (χ4v) is 3.48. The Morgan fingerprint density at radius 3 is 2.62 bits per heavy atom. The summed E-state index contributed by atoms with van der Waals surface area (Å²) in [6, 6.07) is 15.8. The Morgan fingerprint density at radius 1 is 1.19 bits per heavy atom. The predicted molar refractivity (Wildman–Crippen MR) is 122 cm³/mol. The molecule has 0 atom stereocenters. The fourth-order valence-electron chi connectivity index (χ4n) is 3.48. The van der Waals surface area contributed by atoms with Crippen LogP contribution in [0.3, 0.4) is 0 Å². The Morgan fingerprint density at radius 2 is 1.94 bits per heavy atom. The van der Waals surface area contributed by atoms with Crippen LogP contribution in [0, 0.1) is 17.1 Å². The molecule has 2 N–H and O–H groups in total. The third-order valence-corrected chi connectivity index (χ3v) is 5.30. The minimum atomic E-state index is -0.582. The molecular formula is C23H22FN7O. The molecule has 0 saturated carbocycles. The van der Waals surface area contributed by atoms with Gasteiger partial charge in [0.1, 0.15) is 17.4 Å². The number of hydrogen-bond donors (Lipinski definition) is 2. The Balaban J connectivity index is 1.51. The molecule has 0 unspecified atom stereocenters. The van der Waals surface area contributed by atoms with E-state index in [0.717, 1.165) is 31.9 Å². The fraction of sp³-hybridized carbons (Fsp3) is 0.217. The average Bonchev–Trinajstić information content (AvgIpc) is 2.81. The van der Waals surface area contributed by atoms with Gasteiger partial charge in [0.05, 0.1) is 11.9 Å². The van der Waals surface area contributed by atoms with E-state index in [0.29, 0.717) is 11.1 Å². The zero-order valence-electron chi connectivity index (χ0n) is 17.5. The van der Waals surface area contributed by atoms with Crippen LogP contribution < -0.4 is 15.9 Å². The molecule has 3 aromatic rings. The molecule has 162 valence electrons. The molecule has 0 spiro atoms. The van der Waals surface area contributed by atoms with Crippen LogP contribution in [0.5, 0.6) is 0 Å². The number of likely N-dealkylation sites (N-methyl/N-ethyl adjacent to an activating group) is 1. The first kappa shape index (κ1) is 21.2. The lowest BCUT2D eigenvalue weighted by molar-refractivity contribution is 0.313. The van der Waals surface area contributed by atoms with Gasteiger partial charge in [0.15, 0.2) is 0 Å². The van der Waals surface area contributed by atoms with Gasteiger partial charge in [0.25, 0.3) is 5.56 Å². The van der Waals surface area contributed by atoms with Crippen molar-refractivity contribution in [1.29, 1.82) is 5.26 Å². The lowest BCUT2D eigenvalue weighted by atomic mass is 10.1. The van der Waals surface area contributed by atoms with E-state index in [1.54, 1.807) is 30.3 Å². The Labute approximate surface area is 184 Å². The second-order valence-corrected chi connectivity index (χ2v) is 7.48. The van der Waals surface area contributed by atoms with Crippen molar-refractivity contribution in [2.45, 2.75) is 0 Å². The number of nitriles is 1. The van der Waals surface area contributed by atoms with Crippen LogP contribution in [-0.2, 0) is 0 Å². The zero-order valence-corrected chi connectivity index (χ0v) is 17.5. The average molecular weight is 431 g/mol. The first-order valence-electron chi connectivity index (χ1n) is 10.2. The molecular weight excluding hydrogens is 409 g/mol. The van der Waals surface area contributed by atoms with E-state index in [4.69, 9.17) is 0 Å². The molecule has 4 rings (SSSR count). The monoisotopic (exact) mass is 431 g/mol. The van der Waals surface area contributed by atoms with Crippen molar-refractivity contribution in [1.82, 2.24) is 14.9 Å². The van der Waals surface area contributed by atoms with Gasteiger partial charge < -0.3 is 9.80 Å². The number of aromatic nitrogens is 2. The van der Waals surface area contributed by atoms with Gasteiger partial charge in [-0.15, -0.1) is 0 Å². The number of piperazine rings is 1. The number of rotatable bonds is 5. The Kier molecular flexibility index (Phi) is 6.24. The van der Waals surface area contributed by atoms with Gasteiger partial charge in [-0.2, -0.15) is 10.4 Å². The maximum atomic E-state index is 14.6. The number of H-pyrrole nitrogens is 1. The molecule has 1 aliphatic heterocycles. The number of halogens is 1. The lowest BCUT2D eigenvalue weighted by Crippen LogP contribution is -2.44. The van der Waals surface area contributed by atoms with Crippen molar-refractivity contribution >= 4 is 17.9 Å². The number of anilines is 2. The van der Waals surface area contributed by atoms with Crippen LogP contribution in [0.4, 0.5) is 16.0 Å². The second-order valence-electron chi connectivity index (χ2n) is 7.48. The van der Waals surface area contributed by atoms with Crippen LogP contribution in [0.1, 0.15) is 11.1 Å².